The summed E-state index contributed by atoms with van der Waals surface area (Å²) in [5.41, 5.74) is -0.630. The van der Waals surface area contributed by atoms with Gasteiger partial charge in [-0.3, -0.25) is 14.4 Å². The highest BCUT2D eigenvalue weighted by Crippen LogP contribution is 2.32. The van der Waals surface area contributed by atoms with Crippen molar-refractivity contribution in [1.82, 2.24) is 0 Å². The number of benzene rings is 1. The molecule has 0 N–H and O–H groups in total. The van der Waals surface area contributed by atoms with Crippen LogP contribution in [0.15, 0.2) is 18.2 Å². The van der Waals surface area contributed by atoms with Gasteiger partial charge in [-0.25, -0.2) is 4.39 Å². The molecular weight excluding hydrogens is 265 g/mol. The molecule has 20 heavy (non-hydrogen) atoms. The van der Waals surface area contributed by atoms with Crippen LogP contribution in [0.25, 0.3) is 0 Å². The number of esters is 1. The second kappa shape index (κ2) is 4.70. The zero-order valence-corrected chi connectivity index (χ0v) is 11.4. The van der Waals surface area contributed by atoms with Gasteiger partial charge < -0.3 is 9.64 Å². The van der Waals surface area contributed by atoms with E-state index >= 15 is 0 Å². The molecule has 2 rings (SSSR count). The summed E-state index contributed by atoms with van der Waals surface area (Å²) in [7, 11) is 1.25. The van der Waals surface area contributed by atoms with Crippen LogP contribution in [-0.4, -0.2) is 31.3 Å². The fraction of sp³-hybridized carbons (Fsp3) is 0.357. The van der Waals surface area contributed by atoms with Gasteiger partial charge in [0.1, 0.15) is 5.82 Å². The van der Waals surface area contributed by atoms with Gasteiger partial charge in [0, 0.05) is 6.54 Å². The second-order valence-corrected chi connectivity index (χ2v) is 5.26. The number of hydrogen-bond acceptors (Lipinski definition) is 4. The second-order valence-electron chi connectivity index (χ2n) is 5.26. The largest absolute Gasteiger partial charge is 0.469 e. The van der Waals surface area contributed by atoms with Crippen molar-refractivity contribution >= 4 is 23.3 Å². The number of halogens is 1. The molecule has 1 aromatic rings. The lowest BCUT2D eigenvalue weighted by atomic mass is 9.93. The van der Waals surface area contributed by atoms with Gasteiger partial charge in [0.15, 0.2) is 0 Å². The van der Waals surface area contributed by atoms with E-state index in [0.29, 0.717) is 5.69 Å². The fourth-order valence-electron chi connectivity index (χ4n) is 2.17. The number of ketones is 1. The monoisotopic (exact) mass is 279 g/mol. The van der Waals surface area contributed by atoms with Crippen LogP contribution in [0.5, 0.6) is 0 Å². The quantitative estimate of drug-likeness (QED) is 0.622. The molecule has 0 atom stereocenters. The van der Waals surface area contributed by atoms with Crippen LogP contribution < -0.4 is 4.90 Å². The minimum absolute atomic E-state index is 0.0110. The maximum atomic E-state index is 13.2. The number of ether oxygens (including phenoxy) is 1. The Labute approximate surface area is 115 Å². The van der Waals surface area contributed by atoms with Gasteiger partial charge in [0.05, 0.1) is 23.8 Å². The third kappa shape index (κ3) is 2.17. The number of fused-ring (bicyclic) bond motifs is 1. The maximum Gasteiger partial charge on any atom is 0.313 e. The summed E-state index contributed by atoms with van der Waals surface area (Å²) in [6, 6.07) is 3.56. The molecule has 0 aliphatic carbocycles. The molecule has 1 aliphatic rings. The van der Waals surface area contributed by atoms with E-state index in [0.717, 1.165) is 6.07 Å². The van der Waals surface area contributed by atoms with Crippen LogP contribution in [0.3, 0.4) is 0 Å². The fourth-order valence-corrected chi connectivity index (χ4v) is 2.17. The summed E-state index contributed by atoms with van der Waals surface area (Å²) < 4.78 is 17.8. The molecule has 1 heterocycles. The van der Waals surface area contributed by atoms with Gasteiger partial charge in [-0.05, 0) is 32.0 Å². The highest BCUT2D eigenvalue weighted by Gasteiger charge is 2.41. The van der Waals surface area contributed by atoms with Crippen LogP contribution in [-0.2, 0) is 14.3 Å². The first-order chi connectivity index (χ1) is 9.27. The number of nitrogens with zero attached hydrogens (tertiary/aromatic N) is 1. The normalized spacial score (nSPS) is 14.5. The lowest BCUT2D eigenvalue weighted by Crippen LogP contribution is -2.42. The molecule has 0 unspecified atom stereocenters. The van der Waals surface area contributed by atoms with E-state index in [4.69, 9.17) is 0 Å². The molecule has 0 bridgehead atoms. The molecule has 0 aromatic heterocycles. The molecule has 5 nitrogen and oxygen atoms in total. The van der Waals surface area contributed by atoms with Crippen LogP contribution in [0.4, 0.5) is 10.1 Å². The summed E-state index contributed by atoms with van der Waals surface area (Å²) in [4.78, 5) is 36.6. The molecule has 1 amide bonds. The van der Waals surface area contributed by atoms with Crippen LogP contribution in [0.1, 0.15) is 24.2 Å². The predicted molar refractivity (Wildman–Crippen MR) is 68.9 cm³/mol. The first kappa shape index (κ1) is 14.2. The molecule has 6 heteroatoms. The van der Waals surface area contributed by atoms with Crippen molar-refractivity contribution in [3.05, 3.63) is 29.6 Å². The third-order valence-electron chi connectivity index (χ3n) is 3.22. The number of methoxy groups -OCH3 is 1. The highest BCUT2D eigenvalue weighted by atomic mass is 19.1. The van der Waals surface area contributed by atoms with E-state index in [1.165, 1.54) is 24.1 Å². The van der Waals surface area contributed by atoms with E-state index in [1.54, 1.807) is 13.8 Å². The Morgan fingerprint density at radius 2 is 2.00 bits per heavy atom. The van der Waals surface area contributed by atoms with Crippen molar-refractivity contribution < 1.29 is 23.5 Å². The van der Waals surface area contributed by atoms with Crippen molar-refractivity contribution in [2.45, 2.75) is 13.8 Å². The van der Waals surface area contributed by atoms with Crippen molar-refractivity contribution in [2.75, 3.05) is 18.6 Å². The van der Waals surface area contributed by atoms with Crippen molar-refractivity contribution in [3.63, 3.8) is 0 Å². The lowest BCUT2D eigenvalue weighted by molar-refractivity contribution is -0.150. The molecule has 0 saturated carbocycles. The first-order valence-electron chi connectivity index (χ1n) is 6.02. The molecular formula is C14H14FNO4. The van der Waals surface area contributed by atoms with E-state index in [1.807, 2.05) is 0 Å². The summed E-state index contributed by atoms with van der Waals surface area (Å²) in [6.07, 6.45) is 0. The highest BCUT2D eigenvalue weighted by molar-refractivity contribution is 6.52. The van der Waals surface area contributed by atoms with E-state index < -0.39 is 28.9 Å². The van der Waals surface area contributed by atoms with Gasteiger partial charge >= 0.3 is 5.97 Å². The standard InChI is InChI=1S/C14H14FNO4/c1-14(2,13(19)20-3)7-16-10-5-4-8(15)6-9(10)11(17)12(16)18/h4-6H,7H2,1-3H3. The molecule has 0 spiro atoms. The maximum absolute atomic E-state index is 13.2. The predicted octanol–water partition coefficient (Wildman–Crippen LogP) is 1.55. The Kier molecular flexibility index (Phi) is 3.33. The number of carbonyl (C=O) groups excluding carboxylic acids is 3. The summed E-state index contributed by atoms with van der Waals surface area (Å²) in [6.45, 7) is 3.21. The van der Waals surface area contributed by atoms with E-state index in [9.17, 15) is 18.8 Å². The van der Waals surface area contributed by atoms with Gasteiger partial charge in [-0.2, -0.15) is 0 Å². The number of Topliss-reactive ketones (excluding diaryl/α,β-unsaturated/α-hetero) is 1. The zero-order chi connectivity index (χ0) is 15.1. The Balaban J connectivity index is 2.38. The summed E-state index contributed by atoms with van der Waals surface area (Å²) in [5, 5.41) is 0. The number of rotatable bonds is 3. The minimum atomic E-state index is -0.972. The molecule has 0 fully saturated rings. The molecule has 0 saturated heterocycles. The average Bonchev–Trinajstić information content (AvgIpc) is 2.62. The smallest absolute Gasteiger partial charge is 0.313 e. The van der Waals surface area contributed by atoms with Gasteiger partial charge in [0.25, 0.3) is 11.7 Å². The molecule has 1 aliphatic heterocycles. The summed E-state index contributed by atoms with van der Waals surface area (Å²) >= 11 is 0. The Morgan fingerprint density at radius 1 is 1.35 bits per heavy atom. The third-order valence-corrected chi connectivity index (χ3v) is 3.22. The van der Waals surface area contributed by atoms with Gasteiger partial charge in [-0.1, -0.05) is 0 Å². The Hall–Kier alpha value is -2.24. The van der Waals surface area contributed by atoms with Crippen LogP contribution in [0.2, 0.25) is 0 Å². The summed E-state index contributed by atoms with van der Waals surface area (Å²) in [5.74, 6) is -2.60. The lowest BCUT2D eigenvalue weighted by Gasteiger charge is -2.27. The Morgan fingerprint density at radius 3 is 2.60 bits per heavy atom. The van der Waals surface area contributed by atoms with Crippen LogP contribution in [0, 0.1) is 11.2 Å². The topological polar surface area (TPSA) is 63.7 Å². The molecule has 106 valence electrons. The van der Waals surface area contributed by atoms with Crippen molar-refractivity contribution in [2.24, 2.45) is 5.41 Å². The van der Waals surface area contributed by atoms with Gasteiger partial charge in [0.2, 0.25) is 0 Å². The number of hydrogen-bond donors (Lipinski definition) is 0. The van der Waals surface area contributed by atoms with Crippen molar-refractivity contribution in [3.8, 4) is 0 Å². The van der Waals surface area contributed by atoms with Crippen LogP contribution >= 0.6 is 0 Å². The zero-order valence-electron chi connectivity index (χ0n) is 11.4. The number of amides is 1. The average molecular weight is 279 g/mol. The SMILES string of the molecule is COC(=O)C(C)(C)CN1C(=O)C(=O)c2cc(F)ccc21. The number of anilines is 1. The van der Waals surface area contributed by atoms with Gasteiger partial charge in [-0.15, -0.1) is 0 Å². The van der Waals surface area contributed by atoms with Crippen molar-refractivity contribution in [1.29, 1.82) is 0 Å². The minimum Gasteiger partial charge on any atom is -0.469 e. The molecule has 1 aromatic carbocycles. The van der Waals surface area contributed by atoms with E-state index in [-0.39, 0.29) is 12.1 Å². The Bertz CT molecular complexity index is 609. The first-order valence-corrected chi connectivity index (χ1v) is 6.02. The number of carbonyl (C=O) groups is 3. The molecule has 0 radical (unpaired) electrons. The van der Waals surface area contributed by atoms with E-state index in [2.05, 4.69) is 4.74 Å².